The number of anilines is 2. The summed E-state index contributed by atoms with van der Waals surface area (Å²) in [5.74, 6) is 2.66. The molecule has 7 heteroatoms. The maximum Gasteiger partial charge on any atom is 0.152 e. The van der Waals surface area contributed by atoms with E-state index in [0.717, 1.165) is 24.6 Å². The summed E-state index contributed by atoms with van der Waals surface area (Å²) in [4.78, 5) is 10.9. The molecular formula is C18H24N4O2S. The molecule has 3 rings (SSSR count). The first-order valence-electron chi connectivity index (χ1n) is 8.50. The number of benzene rings is 1. The third kappa shape index (κ3) is 4.69. The Morgan fingerprint density at radius 1 is 1.24 bits per heavy atom. The number of hydrogen-bond donors (Lipinski definition) is 1. The van der Waals surface area contributed by atoms with Crippen LogP contribution in [-0.2, 0) is 16.3 Å². The van der Waals surface area contributed by atoms with Gasteiger partial charge in [0.2, 0.25) is 0 Å². The SMILES string of the molecule is Cc1nc(NCCc2ccccc2)cc(N(C)C2CCS(=O)(=O)C2)n1. The van der Waals surface area contributed by atoms with Crippen molar-refractivity contribution >= 4 is 21.5 Å². The van der Waals surface area contributed by atoms with Gasteiger partial charge in [-0.15, -0.1) is 0 Å². The van der Waals surface area contributed by atoms with E-state index in [1.165, 1.54) is 5.56 Å². The Hall–Kier alpha value is -2.15. The topological polar surface area (TPSA) is 75.2 Å². The van der Waals surface area contributed by atoms with Crippen molar-refractivity contribution in [2.45, 2.75) is 25.8 Å². The van der Waals surface area contributed by atoms with Crippen molar-refractivity contribution < 1.29 is 8.42 Å². The highest BCUT2D eigenvalue weighted by Crippen LogP contribution is 2.23. The van der Waals surface area contributed by atoms with Gasteiger partial charge in [0.15, 0.2) is 9.84 Å². The molecule has 25 heavy (non-hydrogen) atoms. The molecule has 0 radical (unpaired) electrons. The smallest absolute Gasteiger partial charge is 0.152 e. The fourth-order valence-electron chi connectivity index (χ4n) is 3.07. The lowest BCUT2D eigenvalue weighted by molar-refractivity contribution is 0.600. The third-order valence-corrected chi connectivity index (χ3v) is 6.25. The molecule has 0 spiro atoms. The standard InChI is InChI=1S/C18H24N4O2S/c1-14-20-17(19-10-8-15-6-4-3-5-7-15)12-18(21-14)22(2)16-9-11-25(23,24)13-16/h3-7,12,16H,8-11,13H2,1-2H3,(H,19,20,21). The highest BCUT2D eigenvalue weighted by atomic mass is 32.2. The van der Waals surface area contributed by atoms with Gasteiger partial charge in [0, 0.05) is 25.7 Å². The Labute approximate surface area is 149 Å². The van der Waals surface area contributed by atoms with Crippen LogP contribution in [0.15, 0.2) is 36.4 Å². The molecule has 1 N–H and O–H groups in total. The van der Waals surface area contributed by atoms with Crippen LogP contribution in [0.1, 0.15) is 17.8 Å². The summed E-state index contributed by atoms with van der Waals surface area (Å²) in [6.07, 6.45) is 1.56. The molecule has 2 aromatic rings. The summed E-state index contributed by atoms with van der Waals surface area (Å²) in [7, 11) is -1.01. The van der Waals surface area contributed by atoms with Crippen molar-refractivity contribution in [2.75, 3.05) is 35.3 Å². The van der Waals surface area contributed by atoms with Crippen molar-refractivity contribution in [3.8, 4) is 0 Å². The zero-order chi connectivity index (χ0) is 17.9. The fourth-order valence-corrected chi connectivity index (χ4v) is 4.85. The molecule has 1 fully saturated rings. The molecule has 6 nitrogen and oxygen atoms in total. The molecule has 1 saturated heterocycles. The number of sulfone groups is 1. The van der Waals surface area contributed by atoms with Gasteiger partial charge in [-0.25, -0.2) is 18.4 Å². The molecule has 1 unspecified atom stereocenters. The first-order chi connectivity index (χ1) is 11.9. The van der Waals surface area contributed by atoms with Gasteiger partial charge in [0.1, 0.15) is 17.5 Å². The average molecular weight is 360 g/mol. The van der Waals surface area contributed by atoms with Crippen LogP contribution < -0.4 is 10.2 Å². The zero-order valence-corrected chi connectivity index (χ0v) is 15.5. The summed E-state index contributed by atoms with van der Waals surface area (Å²) >= 11 is 0. The molecule has 0 aliphatic carbocycles. The molecule has 1 aromatic carbocycles. The molecule has 1 aliphatic heterocycles. The van der Waals surface area contributed by atoms with Gasteiger partial charge < -0.3 is 10.2 Å². The van der Waals surface area contributed by atoms with Crippen LogP contribution in [0.2, 0.25) is 0 Å². The van der Waals surface area contributed by atoms with E-state index < -0.39 is 9.84 Å². The second-order valence-electron chi connectivity index (χ2n) is 6.49. The number of rotatable bonds is 6. The minimum atomic E-state index is -2.91. The number of aryl methyl sites for hydroxylation is 1. The average Bonchev–Trinajstić information content (AvgIpc) is 2.94. The Kier molecular flexibility index (Phi) is 5.22. The van der Waals surface area contributed by atoms with Crippen LogP contribution in [0.4, 0.5) is 11.6 Å². The van der Waals surface area contributed by atoms with E-state index in [-0.39, 0.29) is 17.5 Å². The maximum atomic E-state index is 11.7. The van der Waals surface area contributed by atoms with Gasteiger partial charge in [0.25, 0.3) is 0 Å². The molecule has 0 bridgehead atoms. The third-order valence-electron chi connectivity index (χ3n) is 4.50. The van der Waals surface area contributed by atoms with Crippen molar-refractivity contribution in [3.05, 3.63) is 47.8 Å². The van der Waals surface area contributed by atoms with Gasteiger partial charge in [-0.05, 0) is 25.3 Å². The summed E-state index contributed by atoms with van der Waals surface area (Å²) in [5, 5.41) is 3.34. The summed E-state index contributed by atoms with van der Waals surface area (Å²) in [6.45, 7) is 2.63. The van der Waals surface area contributed by atoms with Crippen molar-refractivity contribution in [2.24, 2.45) is 0 Å². The fraction of sp³-hybridized carbons (Fsp3) is 0.444. The first kappa shape index (κ1) is 17.7. The molecule has 1 aromatic heterocycles. The first-order valence-corrected chi connectivity index (χ1v) is 10.3. The maximum absolute atomic E-state index is 11.7. The second kappa shape index (κ2) is 7.39. The molecule has 0 saturated carbocycles. The van der Waals surface area contributed by atoms with Crippen LogP contribution in [-0.4, -0.2) is 49.5 Å². The van der Waals surface area contributed by atoms with Crippen molar-refractivity contribution in [1.29, 1.82) is 0 Å². The highest BCUT2D eigenvalue weighted by molar-refractivity contribution is 7.91. The zero-order valence-electron chi connectivity index (χ0n) is 14.6. The number of nitrogens with zero attached hydrogens (tertiary/aromatic N) is 3. The van der Waals surface area contributed by atoms with Gasteiger partial charge in [-0.2, -0.15) is 0 Å². The minimum absolute atomic E-state index is 0.0172. The number of hydrogen-bond acceptors (Lipinski definition) is 6. The quantitative estimate of drug-likeness (QED) is 0.850. The van der Waals surface area contributed by atoms with E-state index >= 15 is 0 Å². The van der Waals surface area contributed by atoms with Crippen LogP contribution in [0, 0.1) is 6.92 Å². The Bertz CT molecular complexity index is 824. The molecule has 1 aliphatic rings. The van der Waals surface area contributed by atoms with Gasteiger partial charge in [0.05, 0.1) is 11.5 Å². The van der Waals surface area contributed by atoms with Crippen LogP contribution >= 0.6 is 0 Å². The van der Waals surface area contributed by atoms with Crippen LogP contribution in [0.5, 0.6) is 0 Å². The molecule has 134 valence electrons. The van der Waals surface area contributed by atoms with E-state index in [2.05, 4.69) is 27.4 Å². The summed E-state index contributed by atoms with van der Waals surface area (Å²) in [5.41, 5.74) is 1.27. The molecular weight excluding hydrogens is 336 g/mol. The van der Waals surface area contributed by atoms with Crippen LogP contribution in [0.3, 0.4) is 0 Å². The lowest BCUT2D eigenvalue weighted by Gasteiger charge is -2.25. The monoisotopic (exact) mass is 360 g/mol. The Morgan fingerprint density at radius 2 is 2.00 bits per heavy atom. The normalized spacial score (nSPS) is 18.9. The number of aromatic nitrogens is 2. The van der Waals surface area contributed by atoms with E-state index in [4.69, 9.17) is 0 Å². The second-order valence-corrected chi connectivity index (χ2v) is 8.72. The summed E-state index contributed by atoms with van der Waals surface area (Å²) < 4.78 is 23.4. The van der Waals surface area contributed by atoms with E-state index in [1.54, 1.807) is 0 Å². The lowest BCUT2D eigenvalue weighted by atomic mass is 10.1. The van der Waals surface area contributed by atoms with Gasteiger partial charge >= 0.3 is 0 Å². The van der Waals surface area contributed by atoms with E-state index in [1.807, 2.05) is 43.1 Å². The highest BCUT2D eigenvalue weighted by Gasteiger charge is 2.31. The Morgan fingerprint density at radius 3 is 2.68 bits per heavy atom. The largest absolute Gasteiger partial charge is 0.370 e. The van der Waals surface area contributed by atoms with Crippen molar-refractivity contribution in [1.82, 2.24) is 9.97 Å². The molecule has 1 atom stereocenters. The van der Waals surface area contributed by atoms with Crippen molar-refractivity contribution in [3.63, 3.8) is 0 Å². The molecule has 0 amide bonds. The van der Waals surface area contributed by atoms with Crippen LogP contribution in [0.25, 0.3) is 0 Å². The summed E-state index contributed by atoms with van der Waals surface area (Å²) in [6, 6.07) is 12.2. The van der Waals surface area contributed by atoms with Gasteiger partial charge in [-0.3, -0.25) is 0 Å². The lowest BCUT2D eigenvalue weighted by Crippen LogP contribution is -2.33. The predicted molar refractivity (Wildman–Crippen MR) is 101 cm³/mol. The Balaban J connectivity index is 1.66. The molecule has 2 heterocycles. The minimum Gasteiger partial charge on any atom is -0.370 e. The van der Waals surface area contributed by atoms with E-state index in [0.29, 0.717) is 12.2 Å². The number of nitrogens with one attached hydrogen (secondary N) is 1. The predicted octanol–water partition coefficient (Wildman–Crippen LogP) is 2.06. The van der Waals surface area contributed by atoms with E-state index in [9.17, 15) is 8.42 Å². The van der Waals surface area contributed by atoms with Gasteiger partial charge in [-0.1, -0.05) is 30.3 Å².